The van der Waals surface area contributed by atoms with E-state index < -0.39 is 23.6 Å². The monoisotopic (exact) mass is 300 g/mol. The SMILES string of the molecule is CC(C)(C)N(CCC#N)C[C@@H](O)c1ccc(F)c(F)c1F. The van der Waals surface area contributed by atoms with Crippen LogP contribution in [0, 0.1) is 28.8 Å². The third-order valence-corrected chi connectivity index (χ3v) is 3.26. The topological polar surface area (TPSA) is 47.3 Å². The van der Waals surface area contributed by atoms with Gasteiger partial charge >= 0.3 is 0 Å². The maximum absolute atomic E-state index is 13.7. The Labute approximate surface area is 122 Å². The fraction of sp³-hybridized carbons (Fsp3) is 0.533. The van der Waals surface area contributed by atoms with Crippen LogP contribution in [-0.4, -0.2) is 28.6 Å². The number of nitrogens with zero attached hydrogens (tertiary/aromatic N) is 2. The molecule has 0 amide bonds. The molecule has 0 aliphatic carbocycles. The first-order valence-corrected chi connectivity index (χ1v) is 6.62. The summed E-state index contributed by atoms with van der Waals surface area (Å²) >= 11 is 0. The summed E-state index contributed by atoms with van der Waals surface area (Å²) in [7, 11) is 0. The lowest BCUT2D eigenvalue weighted by atomic mass is 10.0. The summed E-state index contributed by atoms with van der Waals surface area (Å²) in [4.78, 5) is 1.79. The van der Waals surface area contributed by atoms with Crippen LogP contribution in [0.1, 0.15) is 38.9 Å². The van der Waals surface area contributed by atoms with Gasteiger partial charge in [-0.2, -0.15) is 5.26 Å². The molecule has 1 aromatic rings. The van der Waals surface area contributed by atoms with Crippen molar-refractivity contribution >= 4 is 0 Å². The number of benzene rings is 1. The molecule has 0 radical (unpaired) electrons. The number of nitriles is 1. The molecule has 1 N–H and O–H groups in total. The maximum atomic E-state index is 13.7. The molecular formula is C15H19F3N2O. The third-order valence-electron chi connectivity index (χ3n) is 3.26. The molecule has 0 unspecified atom stereocenters. The lowest BCUT2D eigenvalue weighted by Crippen LogP contribution is -2.44. The second-order valence-corrected chi connectivity index (χ2v) is 5.81. The van der Waals surface area contributed by atoms with Crippen molar-refractivity contribution < 1.29 is 18.3 Å². The molecule has 6 heteroatoms. The number of rotatable bonds is 5. The first kappa shape index (κ1) is 17.5. The predicted octanol–water partition coefficient (Wildman–Crippen LogP) is 3.15. The number of hydrogen-bond donors (Lipinski definition) is 1. The molecule has 1 aromatic carbocycles. The Morgan fingerprint density at radius 3 is 2.38 bits per heavy atom. The van der Waals surface area contributed by atoms with Crippen molar-refractivity contribution in [2.24, 2.45) is 0 Å². The molecule has 0 saturated heterocycles. The average molecular weight is 300 g/mol. The quantitative estimate of drug-likeness (QED) is 0.850. The lowest BCUT2D eigenvalue weighted by molar-refractivity contribution is 0.0577. The number of halogens is 3. The van der Waals surface area contributed by atoms with Crippen molar-refractivity contribution in [2.75, 3.05) is 13.1 Å². The lowest BCUT2D eigenvalue weighted by Gasteiger charge is -2.36. The van der Waals surface area contributed by atoms with Gasteiger partial charge in [-0.15, -0.1) is 0 Å². The normalized spacial score (nSPS) is 13.3. The summed E-state index contributed by atoms with van der Waals surface area (Å²) in [6, 6.07) is 3.82. The minimum Gasteiger partial charge on any atom is -0.387 e. The average Bonchev–Trinajstić information content (AvgIpc) is 2.39. The zero-order chi connectivity index (χ0) is 16.2. The van der Waals surface area contributed by atoms with E-state index in [-0.39, 0.29) is 24.1 Å². The highest BCUT2D eigenvalue weighted by Crippen LogP contribution is 2.24. The van der Waals surface area contributed by atoms with Crippen LogP contribution in [0.15, 0.2) is 12.1 Å². The van der Waals surface area contributed by atoms with Gasteiger partial charge in [-0.1, -0.05) is 6.07 Å². The summed E-state index contributed by atoms with van der Waals surface area (Å²) in [5.74, 6) is -4.26. The van der Waals surface area contributed by atoms with E-state index in [1.165, 1.54) is 0 Å². The second kappa shape index (κ2) is 6.92. The zero-order valence-corrected chi connectivity index (χ0v) is 12.3. The van der Waals surface area contributed by atoms with Crippen molar-refractivity contribution in [3.05, 3.63) is 35.1 Å². The first-order valence-electron chi connectivity index (χ1n) is 6.62. The molecule has 0 heterocycles. The van der Waals surface area contributed by atoms with Crippen LogP contribution in [0.3, 0.4) is 0 Å². The molecule has 0 aliphatic heterocycles. The molecule has 1 rings (SSSR count). The van der Waals surface area contributed by atoms with Crippen molar-refractivity contribution in [1.82, 2.24) is 4.90 Å². The van der Waals surface area contributed by atoms with Crippen LogP contribution in [-0.2, 0) is 0 Å². The minimum absolute atomic E-state index is 0.0210. The van der Waals surface area contributed by atoms with Gasteiger partial charge in [-0.25, -0.2) is 13.2 Å². The molecule has 3 nitrogen and oxygen atoms in total. The molecule has 0 fully saturated rings. The second-order valence-electron chi connectivity index (χ2n) is 5.81. The molecule has 116 valence electrons. The van der Waals surface area contributed by atoms with Crippen molar-refractivity contribution in [3.63, 3.8) is 0 Å². The molecule has 0 bridgehead atoms. The Morgan fingerprint density at radius 2 is 1.86 bits per heavy atom. The van der Waals surface area contributed by atoms with Gasteiger partial charge in [0.1, 0.15) is 0 Å². The van der Waals surface area contributed by atoms with Crippen LogP contribution < -0.4 is 0 Å². The van der Waals surface area contributed by atoms with Crippen molar-refractivity contribution in [1.29, 1.82) is 5.26 Å². The highest BCUT2D eigenvalue weighted by molar-refractivity contribution is 5.22. The Balaban J connectivity index is 2.95. The zero-order valence-electron chi connectivity index (χ0n) is 12.3. The van der Waals surface area contributed by atoms with E-state index in [9.17, 15) is 18.3 Å². The molecule has 0 aromatic heterocycles. The number of aliphatic hydroxyl groups excluding tert-OH is 1. The smallest absolute Gasteiger partial charge is 0.194 e. The van der Waals surface area contributed by atoms with Crippen LogP contribution in [0.5, 0.6) is 0 Å². The van der Waals surface area contributed by atoms with Crippen LogP contribution in [0.4, 0.5) is 13.2 Å². The summed E-state index contributed by atoms with van der Waals surface area (Å²) in [5.41, 5.74) is -0.646. The van der Waals surface area contributed by atoms with Gasteiger partial charge in [0.2, 0.25) is 0 Å². The Kier molecular flexibility index (Phi) is 5.76. The highest BCUT2D eigenvalue weighted by Gasteiger charge is 2.26. The predicted molar refractivity (Wildman–Crippen MR) is 72.8 cm³/mol. The van der Waals surface area contributed by atoms with E-state index in [1.54, 1.807) is 4.90 Å². The van der Waals surface area contributed by atoms with Gasteiger partial charge in [0.25, 0.3) is 0 Å². The van der Waals surface area contributed by atoms with Gasteiger partial charge in [0.05, 0.1) is 12.2 Å². The Hall–Kier alpha value is -1.58. The summed E-state index contributed by atoms with van der Waals surface area (Å²) in [5, 5.41) is 18.7. The van der Waals surface area contributed by atoms with Gasteiger partial charge in [-0.05, 0) is 26.8 Å². The van der Waals surface area contributed by atoms with E-state index in [2.05, 4.69) is 0 Å². The Morgan fingerprint density at radius 1 is 1.24 bits per heavy atom. The molecular weight excluding hydrogens is 281 g/mol. The van der Waals surface area contributed by atoms with E-state index in [1.807, 2.05) is 26.8 Å². The number of hydrogen-bond acceptors (Lipinski definition) is 3. The standard InChI is InChI=1S/C15H19F3N2O/c1-15(2,3)20(8-4-7-19)9-12(21)10-5-6-11(16)14(18)13(10)17/h5-6,12,21H,4,8-9H2,1-3H3/t12-/m1/s1. The van der Waals surface area contributed by atoms with Crippen molar-refractivity contribution in [2.45, 2.75) is 38.8 Å². The fourth-order valence-electron chi connectivity index (χ4n) is 1.99. The van der Waals surface area contributed by atoms with E-state index in [0.29, 0.717) is 6.54 Å². The van der Waals surface area contributed by atoms with Crippen molar-refractivity contribution in [3.8, 4) is 6.07 Å². The van der Waals surface area contributed by atoms with E-state index >= 15 is 0 Å². The van der Waals surface area contributed by atoms with Crippen LogP contribution in [0.25, 0.3) is 0 Å². The molecule has 0 saturated carbocycles. The summed E-state index contributed by atoms with van der Waals surface area (Å²) in [6.07, 6.45) is -1.05. The largest absolute Gasteiger partial charge is 0.387 e. The van der Waals surface area contributed by atoms with E-state index in [0.717, 1.165) is 12.1 Å². The van der Waals surface area contributed by atoms with E-state index in [4.69, 9.17) is 5.26 Å². The first-order chi connectivity index (χ1) is 9.68. The summed E-state index contributed by atoms with van der Waals surface area (Å²) in [6.45, 7) is 6.08. The van der Waals surface area contributed by atoms with Gasteiger partial charge < -0.3 is 5.11 Å². The molecule has 0 aliphatic rings. The third kappa shape index (κ3) is 4.45. The molecule has 0 spiro atoms. The fourth-order valence-corrected chi connectivity index (χ4v) is 1.99. The number of β-amino-alcohol motifs (C(OH)–C–C–N with tert-alkyl or cyclic N) is 1. The van der Waals surface area contributed by atoms with Gasteiger partial charge in [0, 0.05) is 30.6 Å². The van der Waals surface area contributed by atoms with Gasteiger partial charge in [0.15, 0.2) is 17.5 Å². The maximum Gasteiger partial charge on any atom is 0.194 e. The molecule has 1 atom stereocenters. The van der Waals surface area contributed by atoms with Gasteiger partial charge in [-0.3, -0.25) is 4.90 Å². The number of aliphatic hydroxyl groups is 1. The minimum atomic E-state index is -1.59. The summed E-state index contributed by atoms with van der Waals surface area (Å²) < 4.78 is 39.8. The van der Waals surface area contributed by atoms with Crippen LogP contribution >= 0.6 is 0 Å². The van der Waals surface area contributed by atoms with Crippen LogP contribution in [0.2, 0.25) is 0 Å². The molecule has 21 heavy (non-hydrogen) atoms. The highest BCUT2D eigenvalue weighted by atomic mass is 19.2. The Bertz CT molecular complexity index is 535.